The van der Waals surface area contributed by atoms with Gasteiger partial charge in [0.05, 0.1) is 0 Å². The maximum absolute atomic E-state index is 11.2. The number of hydrogen-bond donors (Lipinski definition) is 0. The van der Waals surface area contributed by atoms with E-state index >= 15 is 0 Å². The molecule has 0 atom stereocenters. The minimum Gasteiger partial charge on any atom is -0.350 e. The summed E-state index contributed by atoms with van der Waals surface area (Å²) in [7, 11) is 2.17. The molecule has 27 heavy (non-hydrogen) atoms. The van der Waals surface area contributed by atoms with Crippen LogP contribution in [0.3, 0.4) is 0 Å². The molecule has 2 aliphatic rings. The molecule has 3 heterocycles. The zero-order valence-corrected chi connectivity index (χ0v) is 16.9. The van der Waals surface area contributed by atoms with Crippen LogP contribution in [0.4, 0.5) is 0 Å². The van der Waals surface area contributed by atoms with Gasteiger partial charge in [0.15, 0.2) is 0 Å². The third kappa shape index (κ3) is 4.12. The summed E-state index contributed by atoms with van der Waals surface area (Å²) in [5, 5.41) is 1.44. The van der Waals surface area contributed by atoms with Gasteiger partial charge in [0, 0.05) is 43.2 Å². The Morgan fingerprint density at radius 1 is 1.04 bits per heavy atom. The number of hydrogen-bond acceptors (Lipinski definition) is 3. The smallest absolute Gasteiger partial charge is 0.131 e. The molecule has 0 aliphatic carbocycles. The minimum atomic E-state index is 0.313. The Bertz CT molecular complexity index is 780. The number of fused-ring (bicyclic) bond motifs is 1. The van der Waals surface area contributed by atoms with E-state index in [1.165, 1.54) is 49.7 Å². The SMILES string of the molecule is CC(=O)CCN1CCC(N2CCC(c3cn(C)c4ccccc34)CC2)CC1. The molecule has 4 rings (SSSR count). The Morgan fingerprint density at radius 3 is 2.44 bits per heavy atom. The first-order valence-electron chi connectivity index (χ1n) is 10.6. The molecular weight excluding hydrogens is 334 g/mol. The zero-order valence-electron chi connectivity index (χ0n) is 16.9. The molecule has 0 spiro atoms. The second-order valence-electron chi connectivity index (χ2n) is 8.55. The summed E-state index contributed by atoms with van der Waals surface area (Å²) in [6, 6.07) is 9.56. The Kier molecular flexibility index (Phi) is 5.65. The van der Waals surface area contributed by atoms with Crippen LogP contribution in [0.5, 0.6) is 0 Å². The average molecular weight is 368 g/mol. The lowest BCUT2D eigenvalue weighted by Gasteiger charge is -2.41. The van der Waals surface area contributed by atoms with Crippen LogP contribution < -0.4 is 0 Å². The maximum Gasteiger partial charge on any atom is 0.131 e. The van der Waals surface area contributed by atoms with Crippen molar-refractivity contribution < 1.29 is 4.79 Å². The molecule has 0 unspecified atom stereocenters. The van der Waals surface area contributed by atoms with Gasteiger partial charge in [-0.1, -0.05) is 18.2 Å². The number of rotatable bonds is 5. The number of carbonyl (C=O) groups excluding carboxylic acids is 1. The summed E-state index contributed by atoms with van der Waals surface area (Å²) in [6.07, 6.45) is 8.14. The molecule has 2 aliphatic heterocycles. The molecular formula is C23H33N3O. The average Bonchev–Trinajstić information content (AvgIpc) is 3.04. The van der Waals surface area contributed by atoms with E-state index in [-0.39, 0.29) is 0 Å². The fraction of sp³-hybridized carbons (Fsp3) is 0.609. The molecule has 2 aromatic rings. The van der Waals surface area contributed by atoms with Gasteiger partial charge in [0.25, 0.3) is 0 Å². The highest BCUT2D eigenvalue weighted by Crippen LogP contribution is 2.35. The number of benzene rings is 1. The van der Waals surface area contributed by atoms with E-state index in [0.717, 1.165) is 25.7 Å². The van der Waals surface area contributed by atoms with E-state index < -0.39 is 0 Å². The summed E-state index contributed by atoms with van der Waals surface area (Å²) >= 11 is 0. The van der Waals surface area contributed by atoms with Crippen molar-refractivity contribution in [2.75, 3.05) is 32.7 Å². The highest BCUT2D eigenvalue weighted by Gasteiger charge is 2.29. The van der Waals surface area contributed by atoms with Gasteiger partial charge in [-0.15, -0.1) is 0 Å². The highest BCUT2D eigenvalue weighted by molar-refractivity contribution is 5.84. The zero-order chi connectivity index (χ0) is 18.8. The van der Waals surface area contributed by atoms with E-state index in [1.54, 1.807) is 12.5 Å². The van der Waals surface area contributed by atoms with E-state index in [0.29, 0.717) is 18.1 Å². The number of piperidine rings is 2. The number of nitrogens with zero attached hydrogens (tertiary/aromatic N) is 3. The molecule has 0 amide bonds. The number of carbonyl (C=O) groups is 1. The van der Waals surface area contributed by atoms with Gasteiger partial charge in [-0.3, -0.25) is 4.79 Å². The summed E-state index contributed by atoms with van der Waals surface area (Å²) in [4.78, 5) is 16.4. The molecule has 1 aromatic heterocycles. The maximum atomic E-state index is 11.2. The van der Waals surface area contributed by atoms with Crippen molar-refractivity contribution in [2.45, 2.75) is 51.0 Å². The molecule has 2 saturated heterocycles. The quantitative estimate of drug-likeness (QED) is 0.805. The highest BCUT2D eigenvalue weighted by atomic mass is 16.1. The van der Waals surface area contributed by atoms with Gasteiger partial charge in [0.1, 0.15) is 5.78 Å². The fourth-order valence-electron chi connectivity index (χ4n) is 5.10. The predicted octanol–water partition coefficient (Wildman–Crippen LogP) is 3.80. The number of aromatic nitrogens is 1. The van der Waals surface area contributed by atoms with Crippen LogP contribution in [0.25, 0.3) is 10.9 Å². The monoisotopic (exact) mass is 367 g/mol. The third-order valence-electron chi connectivity index (χ3n) is 6.75. The first kappa shape index (κ1) is 18.7. The van der Waals surface area contributed by atoms with Crippen molar-refractivity contribution in [1.29, 1.82) is 0 Å². The van der Waals surface area contributed by atoms with Crippen LogP contribution in [0.15, 0.2) is 30.5 Å². The van der Waals surface area contributed by atoms with Gasteiger partial charge in [-0.25, -0.2) is 0 Å². The van der Waals surface area contributed by atoms with Crippen LogP contribution in [-0.4, -0.2) is 58.9 Å². The summed E-state index contributed by atoms with van der Waals surface area (Å²) in [6.45, 7) is 7.42. The lowest BCUT2D eigenvalue weighted by atomic mass is 9.88. The molecule has 2 fully saturated rings. The number of ketones is 1. The Labute approximate surface area is 163 Å². The first-order valence-corrected chi connectivity index (χ1v) is 10.6. The van der Waals surface area contributed by atoms with Crippen LogP contribution in [0.1, 0.15) is 50.5 Å². The van der Waals surface area contributed by atoms with Crippen LogP contribution in [0, 0.1) is 0 Å². The topological polar surface area (TPSA) is 28.5 Å². The van der Waals surface area contributed by atoms with E-state index in [9.17, 15) is 4.79 Å². The molecule has 146 valence electrons. The largest absolute Gasteiger partial charge is 0.350 e. The predicted molar refractivity (Wildman–Crippen MR) is 111 cm³/mol. The number of para-hydroxylation sites is 1. The lowest BCUT2D eigenvalue weighted by Crippen LogP contribution is -2.47. The first-order chi connectivity index (χ1) is 13.1. The Morgan fingerprint density at radius 2 is 1.74 bits per heavy atom. The van der Waals surface area contributed by atoms with E-state index in [2.05, 4.69) is 51.9 Å². The normalized spacial score (nSPS) is 21.1. The fourth-order valence-corrected chi connectivity index (χ4v) is 5.10. The van der Waals surface area contributed by atoms with Crippen molar-refractivity contribution in [3.05, 3.63) is 36.0 Å². The molecule has 0 radical (unpaired) electrons. The van der Waals surface area contributed by atoms with Gasteiger partial charge in [-0.2, -0.15) is 0 Å². The van der Waals surface area contributed by atoms with Crippen molar-refractivity contribution in [3.8, 4) is 0 Å². The third-order valence-corrected chi connectivity index (χ3v) is 6.75. The van der Waals surface area contributed by atoms with Gasteiger partial charge < -0.3 is 14.4 Å². The lowest BCUT2D eigenvalue weighted by molar-refractivity contribution is -0.117. The van der Waals surface area contributed by atoms with E-state index in [1.807, 2.05) is 0 Å². The van der Waals surface area contributed by atoms with Crippen LogP contribution >= 0.6 is 0 Å². The van der Waals surface area contributed by atoms with Gasteiger partial charge in [0.2, 0.25) is 0 Å². The second kappa shape index (κ2) is 8.15. The van der Waals surface area contributed by atoms with E-state index in [4.69, 9.17) is 0 Å². The van der Waals surface area contributed by atoms with Crippen LogP contribution in [-0.2, 0) is 11.8 Å². The number of Topliss-reactive ketones (excluding diaryl/α,β-unsaturated/α-hetero) is 1. The number of aryl methyl sites for hydroxylation is 1. The standard InChI is InChI=1S/C23H33N3O/c1-18(27)7-12-25-13-10-20(11-14-25)26-15-8-19(9-16-26)22-17-24(2)23-6-4-3-5-21(22)23/h3-6,17,19-20H,7-16H2,1-2H3. The van der Waals surface area contributed by atoms with Crippen molar-refractivity contribution in [1.82, 2.24) is 14.4 Å². The van der Waals surface area contributed by atoms with Crippen LogP contribution in [0.2, 0.25) is 0 Å². The van der Waals surface area contributed by atoms with Crippen molar-refractivity contribution >= 4 is 16.7 Å². The van der Waals surface area contributed by atoms with Gasteiger partial charge >= 0.3 is 0 Å². The van der Waals surface area contributed by atoms with Crippen molar-refractivity contribution in [3.63, 3.8) is 0 Å². The Hall–Kier alpha value is -1.65. The summed E-state index contributed by atoms with van der Waals surface area (Å²) < 4.78 is 2.29. The van der Waals surface area contributed by atoms with Crippen molar-refractivity contribution in [2.24, 2.45) is 7.05 Å². The summed E-state index contributed by atoms with van der Waals surface area (Å²) in [5.74, 6) is 1.01. The molecule has 0 N–H and O–H groups in total. The molecule has 0 saturated carbocycles. The molecule has 4 heteroatoms. The molecule has 4 nitrogen and oxygen atoms in total. The molecule has 1 aromatic carbocycles. The Balaban J connectivity index is 1.31. The number of likely N-dealkylation sites (tertiary alicyclic amines) is 2. The molecule has 0 bridgehead atoms. The summed E-state index contributed by atoms with van der Waals surface area (Å²) in [5.41, 5.74) is 2.90. The minimum absolute atomic E-state index is 0.313. The second-order valence-corrected chi connectivity index (χ2v) is 8.55. The van der Waals surface area contributed by atoms with Gasteiger partial charge in [-0.05, 0) is 76.3 Å².